The van der Waals surface area contributed by atoms with Gasteiger partial charge in [0, 0.05) is 6.07 Å². The first kappa shape index (κ1) is 10.9. The number of ether oxygens (including phenoxy) is 2. The van der Waals surface area contributed by atoms with E-state index in [9.17, 15) is 9.18 Å². The molecular formula is C12H13FO3. The topological polar surface area (TPSA) is 35.5 Å². The smallest absolute Gasteiger partial charge is 0.165 e. The van der Waals surface area contributed by atoms with Gasteiger partial charge in [-0.3, -0.25) is 4.79 Å². The predicted octanol–water partition coefficient (Wildman–Crippen LogP) is 1.97. The summed E-state index contributed by atoms with van der Waals surface area (Å²) >= 11 is 0. The fraction of sp³-hybridized carbons (Fsp3) is 0.417. The van der Waals surface area contributed by atoms with E-state index in [2.05, 4.69) is 0 Å². The van der Waals surface area contributed by atoms with Gasteiger partial charge in [0.1, 0.15) is 11.5 Å². The van der Waals surface area contributed by atoms with E-state index in [0.29, 0.717) is 18.8 Å². The number of Topliss-reactive ketones (excluding diaryl/α,β-unsaturated/α-hetero) is 1. The first-order valence-corrected chi connectivity index (χ1v) is 5.11. The summed E-state index contributed by atoms with van der Waals surface area (Å²) in [6.07, 6.45) is 0.533. The molecule has 16 heavy (non-hydrogen) atoms. The van der Waals surface area contributed by atoms with E-state index < -0.39 is 5.82 Å². The van der Waals surface area contributed by atoms with E-state index in [1.165, 1.54) is 26.2 Å². The van der Waals surface area contributed by atoms with Crippen LogP contribution in [0.25, 0.3) is 0 Å². The standard InChI is InChI=1S/C12H13FO3/c1-7(14)9-3-8-4-10(13)12(15-2)5-11(8)16-6-9/h4-5,9H,3,6H2,1-2H3. The number of hydrogen-bond acceptors (Lipinski definition) is 3. The van der Waals surface area contributed by atoms with Crippen LogP contribution in [0.4, 0.5) is 4.39 Å². The molecule has 86 valence electrons. The molecule has 0 bridgehead atoms. The van der Waals surface area contributed by atoms with Crippen molar-refractivity contribution in [1.29, 1.82) is 0 Å². The van der Waals surface area contributed by atoms with Crippen molar-refractivity contribution < 1.29 is 18.7 Å². The van der Waals surface area contributed by atoms with Gasteiger partial charge < -0.3 is 9.47 Å². The highest BCUT2D eigenvalue weighted by Crippen LogP contribution is 2.33. The zero-order valence-electron chi connectivity index (χ0n) is 9.25. The number of fused-ring (bicyclic) bond motifs is 1. The molecule has 1 heterocycles. The number of rotatable bonds is 2. The van der Waals surface area contributed by atoms with Gasteiger partial charge >= 0.3 is 0 Å². The number of halogens is 1. The molecule has 1 aromatic carbocycles. The van der Waals surface area contributed by atoms with Crippen molar-refractivity contribution in [2.24, 2.45) is 5.92 Å². The van der Waals surface area contributed by atoms with Crippen LogP contribution in [-0.4, -0.2) is 19.5 Å². The summed E-state index contributed by atoms with van der Waals surface area (Å²) in [6.45, 7) is 1.88. The van der Waals surface area contributed by atoms with Gasteiger partial charge in [-0.2, -0.15) is 0 Å². The Morgan fingerprint density at radius 2 is 2.31 bits per heavy atom. The molecule has 0 radical (unpaired) electrons. The number of benzene rings is 1. The monoisotopic (exact) mass is 224 g/mol. The summed E-state index contributed by atoms with van der Waals surface area (Å²) in [6, 6.07) is 2.91. The lowest BCUT2D eigenvalue weighted by Crippen LogP contribution is -2.26. The highest BCUT2D eigenvalue weighted by molar-refractivity contribution is 5.79. The van der Waals surface area contributed by atoms with Crippen LogP contribution >= 0.6 is 0 Å². The predicted molar refractivity (Wildman–Crippen MR) is 56.3 cm³/mol. The van der Waals surface area contributed by atoms with Crippen LogP contribution in [0.2, 0.25) is 0 Å². The summed E-state index contributed by atoms with van der Waals surface area (Å²) in [7, 11) is 1.41. The first-order valence-electron chi connectivity index (χ1n) is 5.11. The van der Waals surface area contributed by atoms with Crippen molar-refractivity contribution in [2.75, 3.05) is 13.7 Å². The average molecular weight is 224 g/mol. The number of carbonyl (C=O) groups is 1. The van der Waals surface area contributed by atoms with Gasteiger partial charge in [0.25, 0.3) is 0 Å². The minimum Gasteiger partial charge on any atom is -0.494 e. The van der Waals surface area contributed by atoms with E-state index >= 15 is 0 Å². The molecule has 1 aromatic rings. The summed E-state index contributed by atoms with van der Waals surface area (Å²) in [5.74, 6) is 0.256. The van der Waals surface area contributed by atoms with Crippen molar-refractivity contribution in [3.8, 4) is 11.5 Å². The quantitative estimate of drug-likeness (QED) is 0.770. The number of hydrogen-bond donors (Lipinski definition) is 0. The lowest BCUT2D eigenvalue weighted by molar-refractivity contribution is -0.121. The molecule has 1 unspecified atom stereocenters. The van der Waals surface area contributed by atoms with Crippen LogP contribution in [0, 0.1) is 11.7 Å². The molecule has 1 aliphatic heterocycles. The SMILES string of the molecule is COc1cc2c(cc1F)CC(C(C)=O)CO2. The number of carbonyl (C=O) groups excluding carboxylic acids is 1. The van der Waals surface area contributed by atoms with Gasteiger partial charge in [-0.05, 0) is 25.0 Å². The molecule has 4 heteroatoms. The van der Waals surface area contributed by atoms with Gasteiger partial charge in [0.05, 0.1) is 19.6 Å². The van der Waals surface area contributed by atoms with Crippen LogP contribution in [0.1, 0.15) is 12.5 Å². The second-order valence-corrected chi connectivity index (χ2v) is 3.92. The van der Waals surface area contributed by atoms with Gasteiger partial charge in [-0.15, -0.1) is 0 Å². The maximum absolute atomic E-state index is 13.4. The van der Waals surface area contributed by atoms with Gasteiger partial charge in [0.2, 0.25) is 0 Å². The fourth-order valence-electron chi connectivity index (χ4n) is 1.80. The Morgan fingerprint density at radius 3 is 2.94 bits per heavy atom. The van der Waals surface area contributed by atoms with E-state index in [1.54, 1.807) is 0 Å². The second kappa shape index (κ2) is 4.12. The molecule has 0 saturated carbocycles. The fourth-order valence-corrected chi connectivity index (χ4v) is 1.80. The lowest BCUT2D eigenvalue weighted by atomic mass is 9.94. The Morgan fingerprint density at radius 1 is 1.56 bits per heavy atom. The van der Waals surface area contributed by atoms with Crippen LogP contribution in [0.15, 0.2) is 12.1 Å². The van der Waals surface area contributed by atoms with Crippen molar-refractivity contribution in [1.82, 2.24) is 0 Å². The van der Waals surface area contributed by atoms with E-state index in [1.807, 2.05) is 0 Å². The van der Waals surface area contributed by atoms with Crippen LogP contribution in [0.3, 0.4) is 0 Å². The third-order valence-electron chi connectivity index (χ3n) is 2.82. The summed E-state index contributed by atoms with van der Waals surface area (Å²) in [4.78, 5) is 11.2. The Hall–Kier alpha value is -1.58. The zero-order valence-corrected chi connectivity index (χ0v) is 9.25. The summed E-state index contributed by atoms with van der Waals surface area (Å²) in [5, 5.41) is 0. The molecule has 0 aromatic heterocycles. The Kier molecular flexibility index (Phi) is 2.81. The van der Waals surface area contributed by atoms with Crippen molar-refractivity contribution >= 4 is 5.78 Å². The normalized spacial score (nSPS) is 18.6. The molecule has 0 amide bonds. The van der Waals surface area contributed by atoms with Gasteiger partial charge in [-0.25, -0.2) is 4.39 Å². The summed E-state index contributed by atoms with van der Waals surface area (Å²) in [5.41, 5.74) is 0.727. The Bertz CT molecular complexity index is 429. The largest absolute Gasteiger partial charge is 0.494 e. The van der Waals surface area contributed by atoms with E-state index in [0.717, 1.165) is 5.56 Å². The second-order valence-electron chi connectivity index (χ2n) is 3.92. The molecule has 2 rings (SSSR count). The van der Waals surface area contributed by atoms with Crippen LogP contribution in [-0.2, 0) is 11.2 Å². The molecule has 0 aliphatic carbocycles. The molecular weight excluding hydrogens is 211 g/mol. The van der Waals surface area contributed by atoms with Crippen LogP contribution < -0.4 is 9.47 Å². The highest BCUT2D eigenvalue weighted by Gasteiger charge is 2.24. The third-order valence-corrected chi connectivity index (χ3v) is 2.82. The molecule has 0 N–H and O–H groups in total. The molecule has 1 atom stereocenters. The minimum atomic E-state index is -0.422. The molecule has 0 saturated heterocycles. The first-order chi connectivity index (χ1) is 7.61. The molecule has 1 aliphatic rings. The van der Waals surface area contributed by atoms with Gasteiger partial charge in [-0.1, -0.05) is 0 Å². The van der Waals surface area contributed by atoms with Crippen molar-refractivity contribution in [3.05, 3.63) is 23.5 Å². The van der Waals surface area contributed by atoms with E-state index in [4.69, 9.17) is 9.47 Å². The Labute approximate surface area is 93.2 Å². The minimum absolute atomic E-state index is 0.0712. The summed E-state index contributed by atoms with van der Waals surface area (Å²) < 4.78 is 23.7. The number of methoxy groups -OCH3 is 1. The Balaban J connectivity index is 2.33. The van der Waals surface area contributed by atoms with Gasteiger partial charge in [0.15, 0.2) is 11.6 Å². The molecule has 3 nitrogen and oxygen atoms in total. The lowest BCUT2D eigenvalue weighted by Gasteiger charge is -2.24. The van der Waals surface area contributed by atoms with Crippen LogP contribution in [0.5, 0.6) is 11.5 Å². The van der Waals surface area contributed by atoms with E-state index in [-0.39, 0.29) is 17.5 Å². The third kappa shape index (κ3) is 1.87. The average Bonchev–Trinajstić information content (AvgIpc) is 2.27. The van der Waals surface area contributed by atoms with Crippen molar-refractivity contribution in [2.45, 2.75) is 13.3 Å². The zero-order chi connectivity index (χ0) is 11.7. The highest BCUT2D eigenvalue weighted by atomic mass is 19.1. The molecule has 0 fully saturated rings. The maximum Gasteiger partial charge on any atom is 0.165 e. The molecule has 0 spiro atoms. The number of ketones is 1. The maximum atomic E-state index is 13.4. The van der Waals surface area contributed by atoms with Crippen molar-refractivity contribution in [3.63, 3.8) is 0 Å².